The molecule has 0 bridgehead atoms. The molecule has 0 radical (unpaired) electrons. The minimum Gasteiger partial charge on any atom is -0.336 e. The van der Waals surface area contributed by atoms with Crippen LogP contribution in [-0.2, 0) is 17.7 Å². The predicted molar refractivity (Wildman–Crippen MR) is 72.6 cm³/mol. The molecule has 4 N–H and O–H groups in total. The van der Waals surface area contributed by atoms with Gasteiger partial charge in [0, 0.05) is 19.6 Å². The summed E-state index contributed by atoms with van der Waals surface area (Å²) in [6, 6.07) is 7.44. The zero-order valence-corrected chi connectivity index (χ0v) is 11.1. The highest BCUT2D eigenvalue weighted by atomic mass is 32.2. The van der Waals surface area contributed by atoms with Crippen molar-refractivity contribution in [1.82, 2.24) is 15.0 Å². The normalized spacial score (nSPS) is 16.3. The van der Waals surface area contributed by atoms with Crippen LogP contribution in [0, 0.1) is 0 Å². The van der Waals surface area contributed by atoms with Gasteiger partial charge in [0.2, 0.25) is 11.3 Å². The third-order valence-corrected chi connectivity index (χ3v) is 3.10. The summed E-state index contributed by atoms with van der Waals surface area (Å²) in [7, 11) is 0. The van der Waals surface area contributed by atoms with Crippen molar-refractivity contribution in [1.29, 1.82) is 0 Å². The molecule has 1 aromatic carbocycles. The molecule has 1 heterocycles. The van der Waals surface area contributed by atoms with Gasteiger partial charge in [-0.25, -0.2) is 9.00 Å². The van der Waals surface area contributed by atoms with E-state index in [1.54, 1.807) is 11.0 Å². The van der Waals surface area contributed by atoms with Crippen LogP contribution in [0.15, 0.2) is 24.3 Å². The van der Waals surface area contributed by atoms with Crippen molar-refractivity contribution in [2.45, 2.75) is 6.42 Å². The second-order valence-corrected chi connectivity index (χ2v) is 4.85. The molecule has 1 atom stereocenters. The second-order valence-electron chi connectivity index (χ2n) is 4.15. The van der Waals surface area contributed by atoms with E-state index in [9.17, 15) is 9.00 Å². The first-order chi connectivity index (χ1) is 9.15. The number of rotatable bonds is 6. The average Bonchev–Trinajstić information content (AvgIpc) is 2.80. The number of benzene rings is 1. The Hall–Kier alpha value is -1.64. The van der Waals surface area contributed by atoms with Crippen LogP contribution >= 0.6 is 0 Å². The Morgan fingerprint density at radius 3 is 3.00 bits per heavy atom. The highest BCUT2D eigenvalue weighted by Crippen LogP contribution is 2.11. The summed E-state index contributed by atoms with van der Waals surface area (Å²) in [4.78, 5) is 15.3. The van der Waals surface area contributed by atoms with Gasteiger partial charge in [0.15, 0.2) is 0 Å². The molecule has 104 valence electrons. The predicted octanol–water partition coefficient (Wildman–Crippen LogP) is 0.307. The van der Waals surface area contributed by atoms with E-state index in [4.69, 9.17) is 4.55 Å². The first-order valence-electron chi connectivity index (χ1n) is 5.89. The lowest BCUT2D eigenvalue weighted by molar-refractivity contribution is 0.218. The molecular weight excluding hydrogens is 268 g/mol. The number of carbonyl (C=O) groups excluding carboxylic acids is 1. The number of nitrogens with zero attached hydrogens (tertiary/aromatic N) is 1. The van der Waals surface area contributed by atoms with Gasteiger partial charge >= 0.3 is 6.03 Å². The van der Waals surface area contributed by atoms with Crippen LogP contribution in [0.25, 0.3) is 0 Å². The van der Waals surface area contributed by atoms with E-state index in [-0.39, 0.29) is 6.03 Å². The lowest BCUT2D eigenvalue weighted by Gasteiger charge is -2.14. The largest absolute Gasteiger partial charge is 0.336 e. The van der Waals surface area contributed by atoms with E-state index >= 15 is 0 Å². The molecule has 0 aromatic heterocycles. The molecule has 19 heavy (non-hydrogen) atoms. The van der Waals surface area contributed by atoms with Gasteiger partial charge in [-0.2, -0.15) is 0 Å². The monoisotopic (exact) mass is 284 g/mol. The molecule has 0 spiro atoms. The maximum atomic E-state index is 11.4. The zero-order valence-electron chi connectivity index (χ0n) is 10.3. The van der Waals surface area contributed by atoms with Crippen molar-refractivity contribution in [2.24, 2.45) is 0 Å². The van der Waals surface area contributed by atoms with Gasteiger partial charge in [-0.3, -0.25) is 4.55 Å². The summed E-state index contributed by atoms with van der Waals surface area (Å²) >= 11 is -2.11. The van der Waals surface area contributed by atoms with Crippen molar-refractivity contribution >= 4 is 23.0 Å². The first kappa shape index (κ1) is 13.8. The lowest BCUT2D eigenvalue weighted by Crippen LogP contribution is -2.30. The highest BCUT2D eigenvalue weighted by molar-refractivity contribution is 7.77. The van der Waals surface area contributed by atoms with Crippen LogP contribution in [0.1, 0.15) is 5.56 Å². The third-order valence-electron chi connectivity index (χ3n) is 2.83. The number of carbonyl (C=O) groups is 1. The second kappa shape index (κ2) is 6.50. The van der Waals surface area contributed by atoms with Gasteiger partial charge in [0.05, 0.1) is 5.69 Å². The fourth-order valence-corrected chi connectivity index (χ4v) is 2.10. The number of hydrogen-bond donors (Lipinski definition) is 4. The van der Waals surface area contributed by atoms with E-state index in [2.05, 4.69) is 15.6 Å². The van der Waals surface area contributed by atoms with E-state index in [0.29, 0.717) is 18.8 Å². The van der Waals surface area contributed by atoms with Crippen LogP contribution in [-0.4, -0.2) is 39.3 Å². The number of nitrogens with one attached hydrogen (secondary N) is 3. The minimum absolute atomic E-state index is 0.0216. The smallest absolute Gasteiger partial charge is 0.317 e. The lowest BCUT2D eigenvalue weighted by atomic mass is 10.1. The fraction of sp³-hybridized carbons (Fsp3) is 0.364. The minimum atomic E-state index is -2.11. The standard InChI is InChI=1S/C11H16N4O3S/c16-11-12-5-7-15(11)6-4-9-2-1-3-10(8-9)13-14-19(17)18/h1-3,8,13-14H,4-7H2,(H,12,16)(H,17,18). The van der Waals surface area contributed by atoms with Crippen molar-refractivity contribution in [3.63, 3.8) is 0 Å². The van der Waals surface area contributed by atoms with Gasteiger partial charge in [0.1, 0.15) is 0 Å². The average molecular weight is 284 g/mol. The summed E-state index contributed by atoms with van der Waals surface area (Å²) in [5.74, 6) is 0. The Kier molecular flexibility index (Phi) is 4.72. The van der Waals surface area contributed by atoms with Crippen molar-refractivity contribution in [2.75, 3.05) is 25.1 Å². The maximum absolute atomic E-state index is 11.4. The SMILES string of the molecule is O=C1NCCN1CCc1cccc(NNS(=O)O)c1. The van der Waals surface area contributed by atoms with E-state index < -0.39 is 11.3 Å². The molecule has 1 aliphatic heterocycles. The number of anilines is 1. The van der Waals surface area contributed by atoms with Crippen molar-refractivity contribution in [3.05, 3.63) is 29.8 Å². The molecule has 8 heteroatoms. The Balaban J connectivity index is 1.87. The van der Waals surface area contributed by atoms with E-state index in [1.807, 2.05) is 18.2 Å². The number of hydrogen-bond acceptors (Lipinski definition) is 3. The van der Waals surface area contributed by atoms with Gasteiger partial charge in [-0.1, -0.05) is 12.1 Å². The third kappa shape index (κ3) is 4.19. The quantitative estimate of drug-likeness (QED) is 0.447. The summed E-state index contributed by atoms with van der Waals surface area (Å²) < 4.78 is 19.1. The number of urea groups is 1. The van der Waals surface area contributed by atoms with Gasteiger partial charge < -0.3 is 15.6 Å². The molecule has 7 nitrogen and oxygen atoms in total. The summed E-state index contributed by atoms with van der Waals surface area (Å²) in [5, 5.41) is 2.75. The Morgan fingerprint density at radius 1 is 1.47 bits per heavy atom. The molecule has 2 rings (SSSR count). The fourth-order valence-electron chi connectivity index (χ4n) is 1.90. The summed E-state index contributed by atoms with van der Waals surface area (Å²) in [5.41, 5.74) is 4.38. The molecule has 1 fully saturated rings. The highest BCUT2D eigenvalue weighted by Gasteiger charge is 2.18. The van der Waals surface area contributed by atoms with Crippen molar-refractivity contribution in [3.8, 4) is 0 Å². The number of amides is 2. The van der Waals surface area contributed by atoms with Crippen LogP contribution in [0.5, 0.6) is 0 Å². The van der Waals surface area contributed by atoms with Gasteiger partial charge in [-0.05, 0) is 24.1 Å². The Morgan fingerprint density at radius 2 is 2.32 bits per heavy atom. The molecule has 0 aliphatic carbocycles. The molecule has 1 aliphatic rings. The molecule has 2 amide bonds. The maximum Gasteiger partial charge on any atom is 0.317 e. The summed E-state index contributed by atoms with van der Waals surface area (Å²) in [6.07, 6.45) is 0.741. The molecule has 0 saturated carbocycles. The van der Waals surface area contributed by atoms with Crippen LogP contribution in [0.3, 0.4) is 0 Å². The molecule has 1 unspecified atom stereocenters. The topological polar surface area (TPSA) is 93.7 Å². The van der Waals surface area contributed by atoms with Crippen LogP contribution in [0.4, 0.5) is 10.5 Å². The Bertz CT molecular complexity index is 483. The zero-order chi connectivity index (χ0) is 13.7. The van der Waals surface area contributed by atoms with Crippen molar-refractivity contribution < 1.29 is 13.6 Å². The molecule has 1 aromatic rings. The van der Waals surface area contributed by atoms with E-state index in [0.717, 1.165) is 18.5 Å². The summed E-state index contributed by atoms with van der Waals surface area (Å²) in [6.45, 7) is 2.10. The first-order valence-corrected chi connectivity index (χ1v) is 7.00. The molecular formula is C11H16N4O3S. The van der Waals surface area contributed by atoms with Crippen LogP contribution in [0.2, 0.25) is 0 Å². The molecule has 1 saturated heterocycles. The van der Waals surface area contributed by atoms with Gasteiger partial charge in [0.25, 0.3) is 0 Å². The van der Waals surface area contributed by atoms with Crippen LogP contribution < -0.4 is 15.6 Å². The van der Waals surface area contributed by atoms with Gasteiger partial charge in [-0.15, -0.1) is 4.83 Å². The van der Waals surface area contributed by atoms with E-state index in [1.165, 1.54) is 0 Å². The Labute approximate surface area is 113 Å². The number of hydrazine groups is 1.